The molecule has 0 aliphatic carbocycles. The standard InChI is InChI=1S/C9H12.4C8H11N.C7H12N2.C7H10N2.2C7H11N.2C6H10N2.2H2/c1-8(2)9-6-4-3-5-7-9;1-7(2)8-4-3-5-9-6-8;3*1-7(2)8-5-3-4-6-9-8;1-6(2)7-4-9(3)5-8-7;1-6(2)7-3-8-5-9-4-7;1-6(2)7-3-4-8-5-7;1-6(2)7-4-3-5-8-7;1-6(2)8-5-3-4-7-8;1-5(2)6-3-4-7-8-6;;/h3-8H,1-2H3;4*3-7H,1-2H3;4-6H,1-3H3;3-6H,1-2H3;3-6,8H,1-2H3;3-4,6H,5H2,1-2H3;3-6H,1-2H3;3-5H,1-2H3,(H,7,8);2*1H. The largest absolute Gasteiger partial charge is 0.367 e. The van der Waals surface area contributed by atoms with Crippen LogP contribution in [0, 0.1) is 5.92 Å². The first-order valence-corrected chi connectivity index (χ1v) is 34.0. The lowest BCUT2D eigenvalue weighted by molar-refractivity contribution is 0.532. The third-order valence-corrected chi connectivity index (χ3v) is 14.0. The van der Waals surface area contributed by atoms with Gasteiger partial charge in [-0.05, 0) is 162 Å². The van der Waals surface area contributed by atoms with Gasteiger partial charge in [0.1, 0.15) is 6.33 Å². The van der Waals surface area contributed by atoms with E-state index in [0.29, 0.717) is 65.2 Å². The molecule has 0 bridgehead atoms. The SMILES string of the molecule is CC(C)C1=NCC=C1.CC(C)c1cc[nH]c1.CC(C)c1ccccc1.CC(C)c1ccccn1.CC(C)c1ccccn1.CC(C)c1ccccn1.CC(C)c1cccnc1.CC(C)c1ccn[nH]1.CC(C)c1cn(C)cn1.CC(C)c1cncnc1.CC(C)n1cccn1.[HH].[HH]. The molecular weight excluding hydrogens is 1170 g/mol. The van der Waals surface area contributed by atoms with Crippen LogP contribution in [0.15, 0.2) is 226 Å². The van der Waals surface area contributed by atoms with Crippen LogP contribution in [0.1, 0.15) is 265 Å². The fourth-order valence-electron chi connectivity index (χ4n) is 7.68. The van der Waals surface area contributed by atoms with Gasteiger partial charge in [-0.3, -0.25) is 34.7 Å². The Morgan fingerprint density at radius 3 is 1.14 bits per heavy atom. The Kier molecular flexibility index (Phi) is 44.9. The minimum atomic E-state index is 0. The first-order chi connectivity index (χ1) is 45.2. The van der Waals surface area contributed by atoms with Gasteiger partial charge >= 0.3 is 0 Å². The van der Waals surface area contributed by atoms with E-state index in [1.165, 1.54) is 33.7 Å². The molecule has 0 unspecified atom stereocenters. The average molecular weight is 1290 g/mol. The molecular formula is C81H124N14. The van der Waals surface area contributed by atoms with E-state index in [4.69, 9.17) is 0 Å². The second-order valence-electron chi connectivity index (χ2n) is 26.0. The van der Waals surface area contributed by atoms with Gasteiger partial charge in [-0.1, -0.05) is 199 Å². The van der Waals surface area contributed by atoms with E-state index < -0.39 is 0 Å². The summed E-state index contributed by atoms with van der Waals surface area (Å²) in [5.41, 5.74) is 12.4. The van der Waals surface area contributed by atoms with Crippen molar-refractivity contribution in [1.82, 2.24) is 64.4 Å². The van der Waals surface area contributed by atoms with Gasteiger partial charge in [-0.2, -0.15) is 10.2 Å². The van der Waals surface area contributed by atoms with Gasteiger partial charge in [0, 0.05) is 125 Å². The third-order valence-electron chi connectivity index (χ3n) is 14.0. The smallest absolute Gasteiger partial charge is 0.115 e. The number of rotatable bonds is 11. The van der Waals surface area contributed by atoms with Crippen molar-refractivity contribution >= 4 is 5.71 Å². The fourth-order valence-corrected chi connectivity index (χ4v) is 7.68. The summed E-state index contributed by atoms with van der Waals surface area (Å²) < 4.78 is 3.88. The highest BCUT2D eigenvalue weighted by Crippen LogP contribution is 2.16. The Labute approximate surface area is 577 Å². The van der Waals surface area contributed by atoms with Crippen LogP contribution in [0.3, 0.4) is 0 Å². The highest BCUT2D eigenvalue weighted by atomic mass is 15.3. The number of hydrogen-bond acceptors (Lipinski definition) is 10. The summed E-state index contributed by atoms with van der Waals surface area (Å²) >= 11 is 0. The summed E-state index contributed by atoms with van der Waals surface area (Å²) in [6.45, 7) is 48.2. The zero-order valence-electron chi connectivity index (χ0n) is 62.2. The van der Waals surface area contributed by atoms with Gasteiger partial charge in [-0.15, -0.1) is 0 Å². The van der Waals surface area contributed by atoms with E-state index in [1.54, 1.807) is 24.9 Å². The zero-order chi connectivity index (χ0) is 70.9. The van der Waals surface area contributed by atoms with E-state index in [9.17, 15) is 0 Å². The van der Waals surface area contributed by atoms with Crippen molar-refractivity contribution in [1.29, 1.82) is 0 Å². The molecule has 14 heteroatoms. The van der Waals surface area contributed by atoms with Crippen molar-refractivity contribution in [2.24, 2.45) is 18.0 Å². The topological polar surface area (TPSA) is 170 Å². The number of benzene rings is 1. The predicted octanol–water partition coefficient (Wildman–Crippen LogP) is 22.1. The van der Waals surface area contributed by atoms with Gasteiger partial charge in [0.25, 0.3) is 0 Å². The molecule has 95 heavy (non-hydrogen) atoms. The second-order valence-corrected chi connectivity index (χ2v) is 26.0. The molecule has 2 N–H and O–H groups in total. The Hall–Kier alpha value is -8.78. The summed E-state index contributed by atoms with van der Waals surface area (Å²) in [6, 6.07) is 39.1. The number of H-pyrrole nitrogens is 2. The van der Waals surface area contributed by atoms with E-state index in [1.807, 2.05) is 163 Å². The monoisotopic (exact) mass is 1290 g/mol. The molecule has 10 aromatic rings. The second kappa shape index (κ2) is 50.7. The Bertz CT molecular complexity index is 2900. The van der Waals surface area contributed by atoms with Crippen LogP contribution in [0.2, 0.25) is 0 Å². The molecule has 0 saturated heterocycles. The maximum absolute atomic E-state index is 4.24. The van der Waals surface area contributed by atoms with Crippen molar-refractivity contribution in [3.8, 4) is 0 Å². The van der Waals surface area contributed by atoms with Gasteiger partial charge in [0.05, 0.1) is 18.6 Å². The predicted molar refractivity (Wildman–Crippen MR) is 408 cm³/mol. The maximum Gasteiger partial charge on any atom is 0.115 e. The maximum atomic E-state index is 4.24. The number of aromatic amines is 2. The summed E-state index contributed by atoms with van der Waals surface area (Å²) in [6.07, 6.45) is 32.0. The fraction of sp³-hybridized carbons (Fsp3) is 0.432. The number of hydrogen-bond donors (Lipinski definition) is 2. The van der Waals surface area contributed by atoms with E-state index in [0.717, 1.165) is 29.3 Å². The van der Waals surface area contributed by atoms with E-state index in [-0.39, 0.29) is 2.85 Å². The third kappa shape index (κ3) is 40.8. The van der Waals surface area contributed by atoms with Crippen LogP contribution in [0.4, 0.5) is 0 Å². The molecule has 0 fully saturated rings. The lowest BCUT2D eigenvalue weighted by atomic mass is 10.0. The lowest BCUT2D eigenvalue weighted by Gasteiger charge is -2.01. The molecule has 10 heterocycles. The van der Waals surface area contributed by atoms with Gasteiger partial charge in [0.15, 0.2) is 0 Å². The molecule has 0 atom stereocenters. The molecule has 1 aliphatic rings. The van der Waals surface area contributed by atoms with Crippen LogP contribution in [0.5, 0.6) is 0 Å². The molecule has 518 valence electrons. The van der Waals surface area contributed by atoms with Gasteiger partial charge in [-0.25, -0.2) is 15.0 Å². The Balaban J connectivity index is 0. The summed E-state index contributed by atoms with van der Waals surface area (Å²) in [7, 11) is 1.98. The van der Waals surface area contributed by atoms with Crippen molar-refractivity contribution in [2.45, 2.75) is 212 Å². The van der Waals surface area contributed by atoms with Crippen LogP contribution in [-0.4, -0.2) is 76.7 Å². The van der Waals surface area contributed by atoms with Crippen molar-refractivity contribution in [2.75, 3.05) is 6.54 Å². The number of allylic oxidation sites excluding steroid dienone is 1. The number of aryl methyl sites for hydroxylation is 1. The van der Waals surface area contributed by atoms with E-state index in [2.05, 4.69) is 261 Å². The molecule has 9 aromatic heterocycles. The van der Waals surface area contributed by atoms with Gasteiger partial charge < -0.3 is 9.55 Å². The summed E-state index contributed by atoms with van der Waals surface area (Å²) in [5, 5.41) is 10.7. The molecule has 0 amide bonds. The first kappa shape index (κ1) is 84.2. The number of aliphatic imine (C=N–C) groups is 1. The van der Waals surface area contributed by atoms with Crippen LogP contribution >= 0.6 is 0 Å². The highest BCUT2D eigenvalue weighted by molar-refractivity contribution is 5.97. The van der Waals surface area contributed by atoms with Crippen molar-refractivity contribution in [3.63, 3.8) is 0 Å². The Morgan fingerprint density at radius 2 is 0.905 bits per heavy atom. The van der Waals surface area contributed by atoms with Gasteiger partial charge in [0.2, 0.25) is 0 Å². The van der Waals surface area contributed by atoms with Crippen LogP contribution in [-0.2, 0) is 7.05 Å². The van der Waals surface area contributed by atoms with Crippen molar-refractivity contribution < 1.29 is 2.85 Å². The quantitative estimate of drug-likeness (QED) is 0.128. The Morgan fingerprint density at radius 1 is 0.411 bits per heavy atom. The number of imidazole rings is 1. The van der Waals surface area contributed by atoms with Crippen LogP contribution < -0.4 is 0 Å². The molecule has 0 spiro atoms. The van der Waals surface area contributed by atoms with Crippen LogP contribution in [0.25, 0.3) is 0 Å². The summed E-state index contributed by atoms with van der Waals surface area (Å²) in [4.78, 5) is 35.8. The number of aromatic nitrogens is 13. The minimum absolute atomic E-state index is 0. The number of nitrogens with one attached hydrogen (secondary N) is 2. The molecule has 1 aliphatic heterocycles. The molecule has 11 rings (SSSR count). The van der Waals surface area contributed by atoms with E-state index >= 15 is 0 Å². The van der Waals surface area contributed by atoms with Crippen molar-refractivity contribution in [3.05, 3.63) is 271 Å². The normalized spacial score (nSPS) is 10.9. The molecule has 0 radical (unpaired) electrons. The average Bonchev–Trinajstić information content (AvgIpc) is 2.38. The number of pyridine rings is 4. The molecule has 1 aromatic carbocycles. The zero-order valence-corrected chi connectivity index (χ0v) is 62.2. The molecule has 0 saturated carbocycles. The first-order valence-electron chi connectivity index (χ1n) is 34.0. The number of nitrogens with zero attached hydrogens (tertiary/aromatic N) is 12. The molecule has 14 nitrogen and oxygen atoms in total. The summed E-state index contributed by atoms with van der Waals surface area (Å²) in [5.74, 6) is 5.80. The highest BCUT2D eigenvalue weighted by Gasteiger charge is 2.04. The lowest BCUT2D eigenvalue weighted by Crippen LogP contribution is -2.00. The minimum Gasteiger partial charge on any atom is -0.367 e.